The Kier molecular flexibility index (Phi) is 9.45. The zero-order valence-corrected chi connectivity index (χ0v) is 21.6. The van der Waals surface area contributed by atoms with E-state index in [2.05, 4.69) is 30.8 Å². The van der Waals surface area contributed by atoms with Gasteiger partial charge >= 0.3 is 6.09 Å². The van der Waals surface area contributed by atoms with Crippen molar-refractivity contribution in [2.75, 3.05) is 44.7 Å². The third-order valence-electron chi connectivity index (χ3n) is 5.00. The lowest BCUT2D eigenvalue weighted by atomic mass is 10.2. The third kappa shape index (κ3) is 7.44. The van der Waals surface area contributed by atoms with Gasteiger partial charge in [-0.05, 0) is 40.0 Å². The number of guanidine groups is 1. The van der Waals surface area contributed by atoms with Crippen LogP contribution in [0.5, 0.6) is 0 Å². The van der Waals surface area contributed by atoms with Crippen molar-refractivity contribution in [3.05, 3.63) is 11.1 Å². The van der Waals surface area contributed by atoms with Crippen LogP contribution in [0.3, 0.4) is 0 Å². The second-order valence-corrected chi connectivity index (χ2v) is 9.45. The Morgan fingerprint density at radius 1 is 1.33 bits per heavy atom. The minimum Gasteiger partial charge on any atom is -0.444 e. The fraction of sp³-hybridized carbons (Fsp3) is 0.750. The second-order valence-electron chi connectivity index (χ2n) is 8.62. The first-order chi connectivity index (χ1) is 13.8. The van der Waals surface area contributed by atoms with Gasteiger partial charge < -0.3 is 25.2 Å². The number of anilines is 1. The Hall–Kier alpha value is -1.30. The van der Waals surface area contributed by atoms with E-state index in [1.54, 1.807) is 18.4 Å². The summed E-state index contributed by atoms with van der Waals surface area (Å²) in [7, 11) is 1.80. The van der Waals surface area contributed by atoms with Gasteiger partial charge in [-0.1, -0.05) is 0 Å². The number of hydrogen-bond acceptors (Lipinski definition) is 6. The third-order valence-corrected chi connectivity index (χ3v) is 5.95. The van der Waals surface area contributed by atoms with Crippen LogP contribution < -0.4 is 15.5 Å². The lowest BCUT2D eigenvalue weighted by Crippen LogP contribution is -2.44. The van der Waals surface area contributed by atoms with Crippen molar-refractivity contribution in [3.8, 4) is 0 Å². The van der Waals surface area contributed by atoms with Gasteiger partial charge in [-0.3, -0.25) is 4.99 Å². The summed E-state index contributed by atoms with van der Waals surface area (Å²) < 4.78 is 5.35. The highest BCUT2D eigenvalue weighted by molar-refractivity contribution is 14.0. The molecule has 8 nitrogen and oxygen atoms in total. The van der Waals surface area contributed by atoms with Crippen LogP contribution in [0, 0.1) is 0 Å². The van der Waals surface area contributed by atoms with Gasteiger partial charge in [0.05, 0.1) is 11.7 Å². The number of likely N-dealkylation sites (tertiary alicyclic amines) is 1. The highest BCUT2D eigenvalue weighted by Crippen LogP contribution is 2.24. The molecule has 0 saturated carbocycles. The van der Waals surface area contributed by atoms with Crippen LogP contribution in [0.1, 0.15) is 45.7 Å². The Labute approximate surface area is 200 Å². The molecule has 1 amide bonds. The molecule has 2 fully saturated rings. The largest absolute Gasteiger partial charge is 0.444 e. The van der Waals surface area contributed by atoms with E-state index in [1.807, 2.05) is 20.8 Å². The van der Waals surface area contributed by atoms with Crippen molar-refractivity contribution in [1.29, 1.82) is 0 Å². The minimum absolute atomic E-state index is 0. The Bertz CT molecular complexity index is 714. The first-order valence-corrected chi connectivity index (χ1v) is 11.4. The van der Waals surface area contributed by atoms with Crippen LogP contribution in [0.4, 0.5) is 9.93 Å². The number of rotatable bonds is 5. The Balaban J connectivity index is 0.00000320. The Morgan fingerprint density at radius 2 is 2.07 bits per heavy atom. The molecule has 0 aromatic carbocycles. The molecule has 1 aromatic rings. The van der Waals surface area contributed by atoms with E-state index in [4.69, 9.17) is 9.72 Å². The molecular formula is C20H35IN6O2S. The number of halogens is 1. The first kappa shape index (κ1) is 25.0. The average molecular weight is 551 g/mol. The predicted octanol–water partition coefficient (Wildman–Crippen LogP) is 3.08. The fourth-order valence-corrected chi connectivity index (χ4v) is 4.56. The minimum atomic E-state index is -0.482. The lowest BCUT2D eigenvalue weighted by molar-refractivity contribution is 0.0507. The summed E-state index contributed by atoms with van der Waals surface area (Å²) >= 11 is 1.74. The molecule has 1 aromatic heterocycles. The van der Waals surface area contributed by atoms with Crippen LogP contribution >= 0.6 is 35.3 Å². The van der Waals surface area contributed by atoms with E-state index in [-0.39, 0.29) is 36.1 Å². The molecule has 2 aliphatic rings. The van der Waals surface area contributed by atoms with E-state index in [1.165, 1.54) is 12.8 Å². The molecular weight excluding hydrogens is 515 g/mol. The molecule has 0 radical (unpaired) electrons. The molecule has 0 bridgehead atoms. The monoisotopic (exact) mass is 550 g/mol. The number of nitrogens with one attached hydrogen (secondary N) is 2. The van der Waals surface area contributed by atoms with Gasteiger partial charge in [0.2, 0.25) is 0 Å². The number of carbonyl (C=O) groups excluding carboxylic acids is 1. The van der Waals surface area contributed by atoms with E-state index in [0.717, 1.165) is 62.4 Å². The molecule has 3 rings (SSSR count). The maximum Gasteiger partial charge on any atom is 0.407 e. The summed E-state index contributed by atoms with van der Waals surface area (Å²) in [5.41, 5.74) is 0.648. The zero-order chi connectivity index (χ0) is 20.9. The molecule has 0 spiro atoms. The second kappa shape index (κ2) is 11.4. The van der Waals surface area contributed by atoms with E-state index in [9.17, 15) is 4.79 Å². The summed E-state index contributed by atoms with van der Waals surface area (Å²) in [6.45, 7) is 10.2. The summed E-state index contributed by atoms with van der Waals surface area (Å²) in [5.74, 6) is 0.869. The number of aromatic nitrogens is 1. The van der Waals surface area contributed by atoms with Gasteiger partial charge in [0.1, 0.15) is 5.60 Å². The molecule has 2 saturated heterocycles. The lowest BCUT2D eigenvalue weighted by Gasteiger charge is -2.23. The number of hydrogen-bond donors (Lipinski definition) is 2. The normalized spacial score (nSPS) is 19.6. The maximum absolute atomic E-state index is 12.0. The van der Waals surface area contributed by atoms with Gasteiger partial charge in [-0.15, -0.1) is 35.3 Å². The van der Waals surface area contributed by atoms with Crippen LogP contribution in [-0.2, 0) is 11.2 Å². The summed E-state index contributed by atoms with van der Waals surface area (Å²) in [5, 5.41) is 9.70. The number of aliphatic imine (C=N–C) groups is 1. The van der Waals surface area contributed by atoms with Crippen molar-refractivity contribution in [2.45, 2.75) is 58.1 Å². The highest BCUT2D eigenvalue weighted by atomic mass is 127. The SMILES string of the molecule is CN=C(NCCc1csc(N2CCCC2)n1)N1CCC(NC(=O)OC(C)(C)C)C1.I. The van der Waals surface area contributed by atoms with Crippen molar-refractivity contribution >= 4 is 52.5 Å². The van der Waals surface area contributed by atoms with Gasteiger partial charge in [0.15, 0.2) is 11.1 Å². The summed E-state index contributed by atoms with van der Waals surface area (Å²) in [4.78, 5) is 25.7. The average Bonchev–Trinajstić information content (AvgIpc) is 3.38. The van der Waals surface area contributed by atoms with Crippen LogP contribution in [0.25, 0.3) is 0 Å². The molecule has 2 N–H and O–H groups in total. The molecule has 0 aliphatic carbocycles. The van der Waals surface area contributed by atoms with Gasteiger partial charge in [0, 0.05) is 51.6 Å². The van der Waals surface area contributed by atoms with Gasteiger partial charge in [-0.2, -0.15) is 0 Å². The van der Waals surface area contributed by atoms with E-state index < -0.39 is 5.60 Å². The predicted molar refractivity (Wildman–Crippen MR) is 133 cm³/mol. The van der Waals surface area contributed by atoms with Crippen molar-refractivity contribution < 1.29 is 9.53 Å². The van der Waals surface area contributed by atoms with Crippen molar-refractivity contribution in [3.63, 3.8) is 0 Å². The first-order valence-electron chi connectivity index (χ1n) is 10.5. The summed E-state index contributed by atoms with van der Waals surface area (Å²) in [6, 6.07) is 0.0740. The molecule has 3 heterocycles. The van der Waals surface area contributed by atoms with Gasteiger partial charge in [0.25, 0.3) is 0 Å². The number of thiazole rings is 1. The fourth-order valence-electron chi connectivity index (χ4n) is 3.64. The van der Waals surface area contributed by atoms with Crippen LogP contribution in [0.2, 0.25) is 0 Å². The number of alkyl carbamates (subject to hydrolysis) is 1. The number of carbonyl (C=O) groups is 1. The zero-order valence-electron chi connectivity index (χ0n) is 18.4. The molecule has 1 unspecified atom stereocenters. The van der Waals surface area contributed by atoms with E-state index >= 15 is 0 Å². The summed E-state index contributed by atoms with van der Waals surface area (Å²) in [6.07, 6.45) is 3.94. The van der Waals surface area contributed by atoms with Crippen molar-refractivity contribution in [2.24, 2.45) is 4.99 Å². The molecule has 1 atom stereocenters. The smallest absolute Gasteiger partial charge is 0.407 e. The number of amides is 1. The molecule has 2 aliphatic heterocycles. The molecule has 170 valence electrons. The van der Waals surface area contributed by atoms with Crippen LogP contribution in [-0.4, -0.2) is 73.4 Å². The highest BCUT2D eigenvalue weighted by Gasteiger charge is 2.27. The molecule has 30 heavy (non-hydrogen) atoms. The standard InChI is InChI=1S/C20H34N6O2S.HI/c1-20(2,3)28-19(27)24-15-8-12-26(13-15)17(21-4)22-9-7-16-14-29-18(23-16)25-10-5-6-11-25;/h14-15H,5-13H2,1-4H3,(H,21,22)(H,24,27);1H. The van der Waals surface area contributed by atoms with E-state index in [0.29, 0.717) is 0 Å². The maximum atomic E-state index is 12.0. The quantitative estimate of drug-likeness (QED) is 0.333. The Morgan fingerprint density at radius 3 is 2.73 bits per heavy atom. The molecule has 10 heteroatoms. The topological polar surface area (TPSA) is 82.1 Å². The number of ether oxygens (including phenoxy) is 1. The van der Waals surface area contributed by atoms with Gasteiger partial charge in [-0.25, -0.2) is 9.78 Å². The van der Waals surface area contributed by atoms with Crippen LogP contribution in [0.15, 0.2) is 10.4 Å². The number of nitrogens with zero attached hydrogens (tertiary/aromatic N) is 4. The van der Waals surface area contributed by atoms with Crippen molar-refractivity contribution in [1.82, 2.24) is 20.5 Å².